The first-order chi connectivity index (χ1) is 41.8. The molecule has 488 valence electrons. The van der Waals surface area contributed by atoms with Crippen molar-refractivity contribution in [2.24, 2.45) is 35.1 Å². The van der Waals surface area contributed by atoms with E-state index in [1.807, 2.05) is 39.6 Å². The molecule has 0 radical (unpaired) electrons. The molecule has 2 heterocycles. The maximum Gasteiger partial charge on any atom is 0.426 e. The zero-order chi connectivity index (χ0) is 65.0. The number of likely N-dealkylation sites (N-methyl/N-ethyl adjacent to an activating group) is 1. The summed E-state index contributed by atoms with van der Waals surface area (Å²) in [6.45, 7) is 17.3. The molecule has 0 spiro atoms. The van der Waals surface area contributed by atoms with E-state index in [-0.39, 0.29) is 86.6 Å². The number of nitrogens with zero attached hydrogens (tertiary/aromatic N) is 3. The van der Waals surface area contributed by atoms with Crippen molar-refractivity contribution in [3.8, 4) is 5.75 Å². The number of ether oxygens (including phenoxy) is 2. The summed E-state index contributed by atoms with van der Waals surface area (Å²) in [5.41, 5.74) is 17.4. The second-order valence-corrected chi connectivity index (χ2v) is 24.3. The molecule has 0 saturated carbocycles. The molecule has 1 saturated heterocycles. The Bertz CT molecular complexity index is 2730. The first-order valence-electron chi connectivity index (χ1n) is 30.7. The molecule has 26 heteroatoms. The first kappa shape index (κ1) is 73.1. The van der Waals surface area contributed by atoms with Gasteiger partial charge in [-0.05, 0) is 112 Å². The third kappa shape index (κ3) is 24.6. The van der Waals surface area contributed by atoms with Gasteiger partial charge >= 0.3 is 18.1 Å². The van der Waals surface area contributed by atoms with E-state index in [1.54, 1.807) is 57.2 Å². The van der Waals surface area contributed by atoms with Crippen LogP contribution >= 0.6 is 11.3 Å². The topological polar surface area (TPSA) is 357 Å². The van der Waals surface area contributed by atoms with Gasteiger partial charge in [0.2, 0.25) is 23.6 Å². The number of piperidine rings is 1. The van der Waals surface area contributed by atoms with E-state index < -0.39 is 89.9 Å². The monoisotopic (exact) mass is 1250 g/mol. The maximum atomic E-state index is 15.0. The Morgan fingerprint density at radius 3 is 2.14 bits per heavy atom. The van der Waals surface area contributed by atoms with Crippen LogP contribution < -0.4 is 48.9 Å². The summed E-state index contributed by atoms with van der Waals surface area (Å²) >= 11 is 1.10. The second-order valence-electron chi connectivity index (χ2n) is 23.5. The fraction of sp³-hybridized carbons (Fsp3) is 0.613. The highest BCUT2D eigenvalue weighted by atomic mass is 32.1. The lowest BCUT2D eigenvalue weighted by atomic mass is 9.93. The fourth-order valence-corrected chi connectivity index (χ4v) is 10.7. The lowest BCUT2D eigenvalue weighted by Gasteiger charge is -2.39. The molecule has 1 aromatic heterocycles. The molecule has 1 aliphatic heterocycles. The Morgan fingerprint density at radius 2 is 1.51 bits per heavy atom. The van der Waals surface area contributed by atoms with Crippen molar-refractivity contribution in [3.63, 3.8) is 0 Å². The summed E-state index contributed by atoms with van der Waals surface area (Å²) in [6.07, 6.45) is 5.61. The number of aromatic nitrogens is 1. The number of unbranched alkanes of at least 4 members (excludes halogenated alkanes) is 3. The van der Waals surface area contributed by atoms with Crippen molar-refractivity contribution in [2.45, 2.75) is 195 Å². The number of hydrogen-bond donors (Lipinski definition) is 10. The van der Waals surface area contributed by atoms with Gasteiger partial charge in [0.15, 0.2) is 6.10 Å². The third-order valence-electron chi connectivity index (χ3n) is 15.5. The highest BCUT2D eigenvalue weighted by Gasteiger charge is 2.40. The minimum atomic E-state index is -1.02. The van der Waals surface area contributed by atoms with Crippen LogP contribution in [0.3, 0.4) is 0 Å². The Balaban J connectivity index is 1.45. The molecule has 12 N–H and O–H groups in total. The largest absolute Gasteiger partial charge is 0.508 e. The number of phenolic OH excluding ortho intramolecular Hbond substituents is 1. The standard InChI is InChI=1S/C62H96N12O13S/c1-11-13-14-17-31-86-74(60(82)53(39(7)12-2)70-57(80)49-20-15-16-30-73(49)10)50(37(3)4)34-51(87-41(9)75)59-69-48(36-88-59)56(79)67-45(33-42-23-27-46(76)28-24-42)32-40(8)54(77)71-72-62(84)85-35-43-21-25-44(26-22-43)66-55(78)47(19-18-29-65-61(64)83)68-58(81)52(63)38(5)6/h21-28,36-40,45,47,49-53,76H,11-20,29-35,63H2,1-10H3,(H,66,78)(H,67,79)(H,68,81)(H,70,80)(H,71,77)(H,72,84)(H3,64,65,83)/t39?,40-,45+,47-,49+,50+,51+,52-,53-/m0/s1. The molecule has 88 heavy (non-hydrogen) atoms. The number of primary amides is 1. The van der Waals surface area contributed by atoms with Gasteiger partial charge in [-0.1, -0.05) is 112 Å². The lowest BCUT2D eigenvalue weighted by Crippen LogP contribution is -2.58. The molecule has 3 aromatic rings. The molecule has 1 fully saturated rings. The van der Waals surface area contributed by atoms with E-state index in [9.17, 15) is 48.3 Å². The number of nitrogens with two attached hydrogens (primary N) is 2. The van der Waals surface area contributed by atoms with Crippen LogP contribution in [-0.4, -0.2) is 137 Å². The van der Waals surface area contributed by atoms with Crippen molar-refractivity contribution in [1.29, 1.82) is 0 Å². The summed E-state index contributed by atoms with van der Waals surface area (Å²) in [4.78, 5) is 133. The van der Waals surface area contributed by atoms with Gasteiger partial charge in [-0.2, -0.15) is 0 Å². The second kappa shape index (κ2) is 37.4. The number of urea groups is 1. The number of hydrogen-bond acceptors (Lipinski definition) is 17. The number of thiazole rings is 1. The number of anilines is 1. The van der Waals surface area contributed by atoms with Gasteiger partial charge in [0.1, 0.15) is 35.1 Å². The molecule has 1 aliphatic rings. The van der Waals surface area contributed by atoms with E-state index in [0.29, 0.717) is 41.9 Å². The molecule has 0 bridgehead atoms. The van der Waals surface area contributed by atoms with Crippen LogP contribution in [0.15, 0.2) is 53.9 Å². The smallest absolute Gasteiger partial charge is 0.426 e. The summed E-state index contributed by atoms with van der Waals surface area (Å²) in [5, 5.41) is 27.2. The van der Waals surface area contributed by atoms with Crippen LogP contribution in [0.2, 0.25) is 0 Å². The van der Waals surface area contributed by atoms with Gasteiger partial charge in [-0.3, -0.25) is 48.7 Å². The van der Waals surface area contributed by atoms with Gasteiger partial charge in [0.25, 0.3) is 11.8 Å². The van der Waals surface area contributed by atoms with E-state index in [2.05, 4.69) is 49.3 Å². The van der Waals surface area contributed by atoms with Crippen molar-refractivity contribution in [2.75, 3.05) is 32.1 Å². The normalized spacial score (nSPS) is 16.1. The van der Waals surface area contributed by atoms with E-state index in [4.69, 9.17) is 25.8 Å². The highest BCUT2D eigenvalue weighted by molar-refractivity contribution is 7.09. The number of rotatable bonds is 35. The Hall–Kier alpha value is -7.42. The summed E-state index contributed by atoms with van der Waals surface area (Å²) in [6, 6.07) is 7.55. The number of phenols is 1. The molecule has 1 unspecified atom stereocenters. The van der Waals surface area contributed by atoms with Crippen LogP contribution in [0, 0.1) is 23.7 Å². The number of benzene rings is 2. The quantitative estimate of drug-likeness (QED) is 0.0173. The Kier molecular flexibility index (Phi) is 31.1. The molecule has 25 nitrogen and oxygen atoms in total. The number of amides is 9. The lowest BCUT2D eigenvalue weighted by molar-refractivity contribution is -0.213. The third-order valence-corrected chi connectivity index (χ3v) is 16.4. The minimum absolute atomic E-state index is 0.00657. The zero-order valence-electron chi connectivity index (χ0n) is 52.8. The predicted molar refractivity (Wildman–Crippen MR) is 333 cm³/mol. The number of esters is 1. The van der Waals surface area contributed by atoms with Crippen molar-refractivity contribution >= 4 is 70.6 Å². The number of nitrogens with one attached hydrogen (secondary N) is 7. The Morgan fingerprint density at radius 1 is 0.818 bits per heavy atom. The SMILES string of the molecule is CCCCCCON(C(=O)[C@@H](NC(=O)[C@H]1CCCCN1C)C(C)CC)[C@H](C[C@@H](OC(C)=O)c1nc(C(=O)N[C@@H](Cc2ccc(O)cc2)C[C@H](C)C(=O)NNC(=O)OCc2ccc(NC(=O)[C@H](CCCNC(N)=O)NC(=O)[C@@H](N)C(C)C)cc2)cs1)C(C)C. The van der Waals surface area contributed by atoms with Gasteiger partial charge in [0.05, 0.1) is 24.7 Å². The number of aromatic hydroxyl groups is 1. The van der Waals surface area contributed by atoms with E-state index in [0.717, 1.165) is 55.5 Å². The van der Waals surface area contributed by atoms with Crippen LogP contribution in [-0.2, 0) is 56.1 Å². The Labute approximate surface area is 521 Å². The number of hydrazine groups is 1. The predicted octanol–water partition coefficient (Wildman–Crippen LogP) is 6.40. The van der Waals surface area contributed by atoms with E-state index >= 15 is 0 Å². The van der Waals surface area contributed by atoms with Gasteiger partial charge in [0, 0.05) is 42.9 Å². The average Bonchev–Trinajstić information content (AvgIpc) is 2.06. The minimum Gasteiger partial charge on any atom is -0.508 e. The van der Waals surface area contributed by atoms with Crippen LogP contribution in [0.4, 0.5) is 15.3 Å². The van der Waals surface area contributed by atoms with Crippen LogP contribution in [0.25, 0.3) is 0 Å². The van der Waals surface area contributed by atoms with Crippen molar-refractivity contribution in [3.05, 3.63) is 75.7 Å². The number of likely N-dealkylation sites (tertiary alicyclic amines) is 1. The number of hydroxylamine groups is 2. The summed E-state index contributed by atoms with van der Waals surface area (Å²) in [7, 11) is 1.92. The van der Waals surface area contributed by atoms with Crippen molar-refractivity contribution < 1.29 is 62.6 Å². The zero-order valence-corrected chi connectivity index (χ0v) is 53.6. The molecule has 4 rings (SSSR count). The summed E-state index contributed by atoms with van der Waals surface area (Å²) < 4.78 is 11.3. The highest BCUT2D eigenvalue weighted by Crippen LogP contribution is 2.32. The van der Waals surface area contributed by atoms with Crippen LogP contribution in [0.1, 0.15) is 172 Å². The number of carbonyl (C=O) groups is 9. The average molecular weight is 1250 g/mol. The molecular formula is C62H96N12O13S. The molecular weight excluding hydrogens is 1150 g/mol. The molecule has 9 amide bonds. The fourth-order valence-electron chi connectivity index (χ4n) is 9.88. The van der Waals surface area contributed by atoms with Gasteiger partial charge in [-0.25, -0.2) is 25.1 Å². The molecule has 0 aliphatic carbocycles. The van der Waals surface area contributed by atoms with E-state index in [1.165, 1.54) is 29.5 Å². The van der Waals surface area contributed by atoms with Crippen molar-refractivity contribution in [1.82, 2.24) is 47.1 Å². The number of carbonyl (C=O) groups excluding carboxylic acids is 9. The first-order valence-corrected chi connectivity index (χ1v) is 31.6. The van der Waals surface area contributed by atoms with Gasteiger partial charge in [-0.15, -0.1) is 11.3 Å². The maximum absolute atomic E-state index is 15.0. The van der Waals surface area contributed by atoms with Crippen LogP contribution in [0.5, 0.6) is 5.75 Å². The molecule has 9 atom stereocenters. The summed E-state index contributed by atoms with van der Waals surface area (Å²) in [5.74, 6) is -4.89. The molecule has 2 aromatic carbocycles. The van der Waals surface area contributed by atoms with Gasteiger partial charge < -0.3 is 52.6 Å².